The molecule has 3 rings (SSSR count). The fourth-order valence-corrected chi connectivity index (χ4v) is 2.82. The molecule has 0 amide bonds. The molecule has 0 atom stereocenters. The second-order valence-electron chi connectivity index (χ2n) is 6.56. The van der Waals surface area contributed by atoms with Gasteiger partial charge in [-0.25, -0.2) is 9.97 Å². The largest absolute Gasteiger partial charge is 0.496 e. The van der Waals surface area contributed by atoms with E-state index >= 15 is 0 Å². The van der Waals surface area contributed by atoms with Crippen molar-refractivity contribution in [1.82, 2.24) is 9.97 Å². The lowest BCUT2D eigenvalue weighted by Gasteiger charge is -2.15. The van der Waals surface area contributed by atoms with E-state index in [0.29, 0.717) is 5.82 Å². The van der Waals surface area contributed by atoms with E-state index in [1.165, 1.54) is 0 Å². The van der Waals surface area contributed by atoms with Gasteiger partial charge in [-0.15, -0.1) is 0 Å². The summed E-state index contributed by atoms with van der Waals surface area (Å²) in [4.78, 5) is 8.61. The summed E-state index contributed by atoms with van der Waals surface area (Å²) >= 11 is 0. The van der Waals surface area contributed by atoms with Gasteiger partial charge in [0.05, 0.1) is 18.9 Å². The van der Waals surface area contributed by atoms with Crippen molar-refractivity contribution in [3.8, 4) is 11.5 Å². The van der Waals surface area contributed by atoms with Crippen LogP contribution in [0.1, 0.15) is 19.4 Å². The highest BCUT2D eigenvalue weighted by molar-refractivity contribution is 5.65. The predicted molar refractivity (Wildman–Crippen MR) is 113 cm³/mol. The molecule has 28 heavy (non-hydrogen) atoms. The molecular formula is C22H26N4O2. The topological polar surface area (TPSA) is 68.3 Å². The summed E-state index contributed by atoms with van der Waals surface area (Å²) in [5.41, 5.74) is 2.03. The highest BCUT2D eigenvalue weighted by Crippen LogP contribution is 2.28. The lowest BCUT2D eigenvalue weighted by Crippen LogP contribution is -2.09. The molecule has 2 N–H and O–H groups in total. The van der Waals surface area contributed by atoms with Crippen LogP contribution in [0.15, 0.2) is 60.9 Å². The SMILES string of the molecule is COc1ccccc1CCNc1cc(Nc2ccccc2OC(C)C)ncn1. The average Bonchev–Trinajstić information content (AvgIpc) is 2.70. The minimum atomic E-state index is 0.0977. The van der Waals surface area contributed by atoms with Crippen LogP contribution in [0, 0.1) is 0 Å². The molecule has 6 heteroatoms. The predicted octanol–water partition coefficient (Wildman–Crippen LogP) is 4.67. The number of hydrogen-bond donors (Lipinski definition) is 2. The van der Waals surface area contributed by atoms with Crippen LogP contribution < -0.4 is 20.1 Å². The van der Waals surface area contributed by atoms with Gasteiger partial charge >= 0.3 is 0 Å². The van der Waals surface area contributed by atoms with Gasteiger partial charge in [0.2, 0.25) is 0 Å². The number of ether oxygens (including phenoxy) is 2. The van der Waals surface area contributed by atoms with Gasteiger partial charge < -0.3 is 20.1 Å². The van der Waals surface area contributed by atoms with Gasteiger partial charge in [0.1, 0.15) is 29.5 Å². The van der Waals surface area contributed by atoms with Crippen molar-refractivity contribution in [2.75, 3.05) is 24.3 Å². The molecule has 6 nitrogen and oxygen atoms in total. The number of benzene rings is 2. The van der Waals surface area contributed by atoms with Crippen LogP contribution in [-0.2, 0) is 6.42 Å². The fourth-order valence-electron chi connectivity index (χ4n) is 2.82. The summed E-state index contributed by atoms with van der Waals surface area (Å²) in [6.07, 6.45) is 2.47. The maximum atomic E-state index is 5.85. The van der Waals surface area contributed by atoms with E-state index in [-0.39, 0.29) is 6.10 Å². The zero-order valence-electron chi connectivity index (χ0n) is 16.5. The van der Waals surface area contributed by atoms with Crippen molar-refractivity contribution in [3.63, 3.8) is 0 Å². The summed E-state index contributed by atoms with van der Waals surface area (Å²) in [5, 5.41) is 6.65. The second kappa shape index (κ2) is 9.60. The van der Waals surface area contributed by atoms with Crippen molar-refractivity contribution in [3.05, 3.63) is 66.5 Å². The molecule has 3 aromatic rings. The third-order valence-electron chi connectivity index (χ3n) is 4.07. The molecule has 1 aromatic heterocycles. The van der Waals surface area contributed by atoms with E-state index in [9.17, 15) is 0 Å². The molecule has 0 bridgehead atoms. The number of nitrogens with one attached hydrogen (secondary N) is 2. The molecule has 0 saturated carbocycles. The van der Waals surface area contributed by atoms with Crippen LogP contribution in [0.25, 0.3) is 0 Å². The average molecular weight is 378 g/mol. The van der Waals surface area contributed by atoms with E-state index in [1.54, 1.807) is 13.4 Å². The highest BCUT2D eigenvalue weighted by Gasteiger charge is 2.07. The Kier molecular flexibility index (Phi) is 6.68. The third kappa shape index (κ3) is 5.36. The third-order valence-corrected chi connectivity index (χ3v) is 4.07. The Labute approximate surface area is 166 Å². The summed E-state index contributed by atoms with van der Waals surface area (Å²) in [6.45, 7) is 4.75. The van der Waals surface area contributed by atoms with Gasteiger partial charge in [-0.3, -0.25) is 0 Å². The molecule has 0 aliphatic heterocycles. The standard InChI is InChI=1S/C22H26N4O2/c1-16(2)28-20-11-7-5-9-18(20)26-22-14-21(24-15-25-22)23-13-12-17-8-4-6-10-19(17)27-3/h4-11,14-16H,12-13H2,1-3H3,(H2,23,24,25,26). The van der Waals surface area contributed by atoms with E-state index in [4.69, 9.17) is 9.47 Å². The zero-order chi connectivity index (χ0) is 19.8. The number of aromatic nitrogens is 2. The first-order valence-corrected chi connectivity index (χ1v) is 9.36. The molecule has 146 valence electrons. The number of rotatable bonds is 9. The molecule has 0 aliphatic carbocycles. The Balaban J connectivity index is 1.63. The van der Waals surface area contributed by atoms with Crippen LogP contribution in [0.2, 0.25) is 0 Å². The summed E-state index contributed by atoms with van der Waals surface area (Å²) in [7, 11) is 1.69. The molecule has 0 fully saturated rings. The maximum Gasteiger partial charge on any atom is 0.143 e. The van der Waals surface area contributed by atoms with Gasteiger partial charge in [-0.2, -0.15) is 0 Å². The van der Waals surface area contributed by atoms with E-state index in [0.717, 1.165) is 41.5 Å². The van der Waals surface area contributed by atoms with Crippen LogP contribution in [0.5, 0.6) is 11.5 Å². The van der Waals surface area contributed by atoms with Crippen LogP contribution in [0.4, 0.5) is 17.3 Å². The summed E-state index contributed by atoms with van der Waals surface area (Å²) < 4.78 is 11.2. The van der Waals surface area contributed by atoms with E-state index in [1.807, 2.05) is 62.4 Å². The van der Waals surface area contributed by atoms with Crippen LogP contribution >= 0.6 is 0 Å². The smallest absolute Gasteiger partial charge is 0.143 e. The van der Waals surface area contributed by atoms with Crippen molar-refractivity contribution >= 4 is 17.3 Å². The Bertz CT molecular complexity index is 899. The summed E-state index contributed by atoms with van der Waals surface area (Å²) in [5.74, 6) is 3.15. The van der Waals surface area contributed by atoms with Crippen molar-refractivity contribution in [2.24, 2.45) is 0 Å². The van der Waals surface area contributed by atoms with Crippen molar-refractivity contribution < 1.29 is 9.47 Å². The fraction of sp³-hybridized carbons (Fsp3) is 0.273. The number of methoxy groups -OCH3 is 1. The molecule has 2 aromatic carbocycles. The Morgan fingerprint density at radius 3 is 2.43 bits per heavy atom. The highest BCUT2D eigenvalue weighted by atomic mass is 16.5. The molecule has 0 radical (unpaired) electrons. The van der Waals surface area contributed by atoms with Crippen LogP contribution in [0.3, 0.4) is 0 Å². The van der Waals surface area contributed by atoms with E-state index in [2.05, 4.69) is 26.7 Å². The normalized spacial score (nSPS) is 10.6. The monoisotopic (exact) mass is 378 g/mol. The van der Waals surface area contributed by atoms with Crippen molar-refractivity contribution in [1.29, 1.82) is 0 Å². The minimum Gasteiger partial charge on any atom is -0.496 e. The number of hydrogen-bond acceptors (Lipinski definition) is 6. The molecule has 1 heterocycles. The van der Waals surface area contributed by atoms with Gasteiger partial charge in [-0.1, -0.05) is 30.3 Å². The van der Waals surface area contributed by atoms with Gasteiger partial charge in [-0.05, 0) is 44.0 Å². The molecular weight excluding hydrogens is 352 g/mol. The van der Waals surface area contributed by atoms with E-state index < -0.39 is 0 Å². The lowest BCUT2D eigenvalue weighted by molar-refractivity contribution is 0.244. The first-order valence-electron chi connectivity index (χ1n) is 9.36. The van der Waals surface area contributed by atoms with Crippen LogP contribution in [-0.4, -0.2) is 29.7 Å². The first-order chi connectivity index (χ1) is 13.7. The summed E-state index contributed by atoms with van der Waals surface area (Å²) in [6, 6.07) is 17.7. The number of anilines is 3. The number of para-hydroxylation sites is 3. The molecule has 0 saturated heterocycles. The first kappa shape index (κ1) is 19.5. The zero-order valence-corrected chi connectivity index (χ0v) is 16.5. The molecule has 0 aliphatic rings. The maximum absolute atomic E-state index is 5.85. The number of nitrogens with zero attached hydrogens (tertiary/aromatic N) is 2. The second-order valence-corrected chi connectivity index (χ2v) is 6.56. The molecule has 0 unspecified atom stereocenters. The van der Waals surface area contributed by atoms with Gasteiger partial charge in [0.15, 0.2) is 0 Å². The van der Waals surface area contributed by atoms with Gasteiger partial charge in [0.25, 0.3) is 0 Å². The Hall–Kier alpha value is -3.28. The Morgan fingerprint density at radius 2 is 1.64 bits per heavy atom. The molecule has 0 spiro atoms. The van der Waals surface area contributed by atoms with Crippen molar-refractivity contribution in [2.45, 2.75) is 26.4 Å². The quantitative estimate of drug-likeness (QED) is 0.564. The Morgan fingerprint density at radius 1 is 0.929 bits per heavy atom. The van der Waals surface area contributed by atoms with Gasteiger partial charge in [0, 0.05) is 12.6 Å². The minimum absolute atomic E-state index is 0.0977. The lowest BCUT2D eigenvalue weighted by atomic mass is 10.1.